The van der Waals surface area contributed by atoms with Gasteiger partial charge in [-0.2, -0.15) is 5.26 Å². The largest absolute Gasteiger partial charge is 0.386 e. The van der Waals surface area contributed by atoms with Crippen LogP contribution in [0.25, 0.3) is 0 Å². The highest BCUT2D eigenvalue weighted by atomic mass is 16.3. The van der Waals surface area contributed by atoms with E-state index in [9.17, 15) is 10.4 Å². The molecule has 2 aromatic carbocycles. The summed E-state index contributed by atoms with van der Waals surface area (Å²) in [6.45, 7) is 3.99. The lowest BCUT2D eigenvalue weighted by molar-refractivity contribution is 0.0911. The van der Waals surface area contributed by atoms with Gasteiger partial charge in [-0.3, -0.25) is 0 Å². The molecule has 0 fully saturated rings. The monoisotopic (exact) mass is 320 g/mol. The maximum absolute atomic E-state index is 10.6. The first-order valence-electron chi connectivity index (χ1n) is 8.17. The van der Waals surface area contributed by atoms with Crippen molar-refractivity contribution in [1.29, 1.82) is 5.26 Å². The molecule has 3 atom stereocenters. The number of aliphatic hydroxyl groups is 1. The van der Waals surface area contributed by atoms with Crippen LogP contribution in [0.1, 0.15) is 37.0 Å². The summed E-state index contributed by atoms with van der Waals surface area (Å²) in [4.78, 5) is 1.84. The molecule has 0 saturated heterocycles. The van der Waals surface area contributed by atoms with Crippen LogP contribution in [-0.2, 0) is 0 Å². The minimum atomic E-state index is -0.653. The van der Waals surface area contributed by atoms with E-state index in [1.54, 1.807) is 0 Å². The molecule has 0 aliphatic heterocycles. The van der Waals surface area contributed by atoms with Crippen LogP contribution < -0.4 is 0 Å². The number of hydrogen-bond donors (Lipinski definition) is 1. The summed E-state index contributed by atoms with van der Waals surface area (Å²) in [6.07, 6.45) is 1.30. The second-order valence-electron chi connectivity index (χ2n) is 6.07. The van der Waals surface area contributed by atoms with Crippen molar-refractivity contribution in [3.05, 3.63) is 83.6 Å². The first kappa shape index (κ1) is 17.8. The van der Waals surface area contributed by atoms with Crippen molar-refractivity contribution in [1.82, 2.24) is 4.90 Å². The smallest absolute Gasteiger partial charge is 0.117 e. The topological polar surface area (TPSA) is 47.3 Å². The van der Waals surface area contributed by atoms with Crippen LogP contribution >= 0.6 is 0 Å². The molecule has 0 aliphatic rings. The summed E-state index contributed by atoms with van der Waals surface area (Å²) in [5.74, 6) is 0.129. The van der Waals surface area contributed by atoms with Crippen molar-refractivity contribution >= 4 is 0 Å². The Morgan fingerprint density at radius 1 is 1.00 bits per heavy atom. The average Bonchev–Trinajstić information content (AvgIpc) is 2.65. The van der Waals surface area contributed by atoms with Gasteiger partial charge in [0.25, 0.3) is 0 Å². The fourth-order valence-electron chi connectivity index (χ4n) is 2.68. The SMILES string of the molecule is C[C@@H](/C=C(\C#N)N(C)[C@@H](C)[C@H](O)c1ccccc1)c1ccccc1. The summed E-state index contributed by atoms with van der Waals surface area (Å²) < 4.78 is 0. The quantitative estimate of drug-likeness (QED) is 0.809. The molecule has 0 aliphatic carbocycles. The standard InChI is InChI=1S/C21H24N2O/c1-16(18-10-6-4-7-11-18)14-20(15-22)23(3)17(2)21(24)19-12-8-5-9-13-19/h4-14,16-17,21,24H,1-3H3/b20-14+/t16-,17-,21-/m0/s1. The first-order valence-corrected chi connectivity index (χ1v) is 8.17. The van der Waals surface area contributed by atoms with Crippen molar-refractivity contribution in [2.24, 2.45) is 0 Å². The van der Waals surface area contributed by atoms with Gasteiger partial charge in [0.2, 0.25) is 0 Å². The van der Waals surface area contributed by atoms with E-state index in [2.05, 4.69) is 25.1 Å². The van der Waals surface area contributed by atoms with E-state index in [0.717, 1.165) is 11.1 Å². The number of benzene rings is 2. The Bertz CT molecular complexity index is 704. The maximum atomic E-state index is 10.6. The molecule has 0 heterocycles. The summed E-state index contributed by atoms with van der Waals surface area (Å²) in [5.41, 5.74) is 2.58. The maximum Gasteiger partial charge on any atom is 0.117 e. The zero-order valence-electron chi connectivity index (χ0n) is 14.4. The van der Waals surface area contributed by atoms with Crippen molar-refractivity contribution in [3.8, 4) is 6.07 Å². The number of allylic oxidation sites excluding steroid dienone is 2. The first-order chi connectivity index (χ1) is 11.5. The molecule has 0 saturated carbocycles. The molecule has 0 radical (unpaired) electrons. The lowest BCUT2D eigenvalue weighted by Gasteiger charge is -2.30. The predicted molar refractivity (Wildman–Crippen MR) is 97.2 cm³/mol. The molecule has 0 amide bonds. The second-order valence-corrected chi connectivity index (χ2v) is 6.07. The van der Waals surface area contributed by atoms with Crippen molar-refractivity contribution < 1.29 is 5.11 Å². The van der Waals surface area contributed by atoms with Gasteiger partial charge in [0, 0.05) is 13.0 Å². The molecule has 124 valence electrons. The molecule has 0 spiro atoms. The van der Waals surface area contributed by atoms with E-state index in [1.165, 1.54) is 0 Å². The highest BCUT2D eigenvalue weighted by Gasteiger charge is 2.22. The zero-order valence-corrected chi connectivity index (χ0v) is 14.4. The van der Waals surface area contributed by atoms with Gasteiger partial charge in [0.15, 0.2) is 0 Å². The van der Waals surface area contributed by atoms with Crippen molar-refractivity contribution in [2.45, 2.75) is 31.9 Å². The number of likely N-dealkylation sites (N-methyl/N-ethyl adjacent to an activating group) is 1. The normalized spacial score (nSPS) is 15.2. The van der Waals surface area contributed by atoms with Gasteiger partial charge in [-0.1, -0.05) is 67.6 Å². The van der Waals surface area contributed by atoms with Gasteiger partial charge in [0.1, 0.15) is 11.8 Å². The average molecular weight is 320 g/mol. The lowest BCUT2D eigenvalue weighted by Crippen LogP contribution is -2.33. The summed E-state index contributed by atoms with van der Waals surface area (Å²) >= 11 is 0. The molecule has 0 aromatic heterocycles. The van der Waals surface area contributed by atoms with E-state index in [-0.39, 0.29) is 12.0 Å². The zero-order chi connectivity index (χ0) is 17.5. The Labute approximate surface area is 144 Å². The highest BCUT2D eigenvalue weighted by Crippen LogP contribution is 2.24. The van der Waals surface area contributed by atoms with Crippen LogP contribution in [0.3, 0.4) is 0 Å². The van der Waals surface area contributed by atoms with Crippen LogP contribution in [0.5, 0.6) is 0 Å². The van der Waals surface area contributed by atoms with Crippen LogP contribution in [0.4, 0.5) is 0 Å². The minimum absolute atomic E-state index is 0.129. The second kappa shape index (κ2) is 8.33. The van der Waals surface area contributed by atoms with Gasteiger partial charge in [-0.05, 0) is 24.1 Å². The van der Waals surface area contributed by atoms with Gasteiger partial charge in [-0.15, -0.1) is 0 Å². The molecule has 3 nitrogen and oxygen atoms in total. The summed E-state index contributed by atoms with van der Waals surface area (Å²) in [5, 5.41) is 20.1. The fraction of sp³-hybridized carbons (Fsp3) is 0.286. The Kier molecular flexibility index (Phi) is 6.17. The molecule has 2 aromatic rings. The fourth-order valence-corrected chi connectivity index (χ4v) is 2.68. The van der Waals surface area contributed by atoms with E-state index in [4.69, 9.17) is 0 Å². The Balaban J connectivity index is 2.17. The predicted octanol–water partition coefficient (Wildman–Crippen LogP) is 4.25. The Morgan fingerprint density at radius 3 is 2.00 bits per heavy atom. The third kappa shape index (κ3) is 4.24. The van der Waals surface area contributed by atoms with E-state index in [1.807, 2.05) is 73.5 Å². The molecule has 3 heteroatoms. The highest BCUT2D eigenvalue weighted by molar-refractivity contribution is 5.30. The van der Waals surface area contributed by atoms with Gasteiger partial charge < -0.3 is 10.0 Å². The molecular weight excluding hydrogens is 296 g/mol. The number of nitrogens with zero attached hydrogens (tertiary/aromatic N) is 2. The Morgan fingerprint density at radius 2 is 1.50 bits per heavy atom. The Hall–Kier alpha value is -2.57. The van der Waals surface area contributed by atoms with E-state index < -0.39 is 6.10 Å². The molecule has 1 N–H and O–H groups in total. The van der Waals surface area contributed by atoms with E-state index in [0.29, 0.717) is 5.70 Å². The van der Waals surface area contributed by atoms with Crippen molar-refractivity contribution in [2.75, 3.05) is 7.05 Å². The van der Waals surface area contributed by atoms with E-state index >= 15 is 0 Å². The van der Waals surface area contributed by atoms with Gasteiger partial charge >= 0.3 is 0 Å². The molecule has 0 unspecified atom stereocenters. The van der Waals surface area contributed by atoms with Crippen LogP contribution in [0.2, 0.25) is 0 Å². The summed E-state index contributed by atoms with van der Waals surface area (Å²) in [7, 11) is 1.85. The van der Waals surface area contributed by atoms with Crippen molar-refractivity contribution in [3.63, 3.8) is 0 Å². The molecule has 2 rings (SSSR count). The lowest BCUT2D eigenvalue weighted by atomic mass is 9.98. The molecular formula is C21H24N2O. The number of hydrogen-bond acceptors (Lipinski definition) is 3. The minimum Gasteiger partial charge on any atom is -0.386 e. The number of rotatable bonds is 6. The molecule has 0 bridgehead atoms. The van der Waals surface area contributed by atoms with Crippen LogP contribution in [-0.4, -0.2) is 23.1 Å². The number of aliphatic hydroxyl groups excluding tert-OH is 1. The number of nitriles is 1. The van der Waals surface area contributed by atoms with Gasteiger partial charge in [0.05, 0.1) is 12.1 Å². The molecule has 24 heavy (non-hydrogen) atoms. The van der Waals surface area contributed by atoms with Gasteiger partial charge in [-0.25, -0.2) is 0 Å². The van der Waals surface area contributed by atoms with Crippen LogP contribution in [0, 0.1) is 11.3 Å². The third-order valence-electron chi connectivity index (χ3n) is 4.44. The summed E-state index contributed by atoms with van der Waals surface area (Å²) in [6, 6.07) is 21.7. The third-order valence-corrected chi connectivity index (χ3v) is 4.44. The van der Waals surface area contributed by atoms with Crippen LogP contribution in [0.15, 0.2) is 72.4 Å².